The highest BCUT2D eigenvalue weighted by Crippen LogP contribution is 2.29. The van der Waals surface area contributed by atoms with Crippen LogP contribution in [0.25, 0.3) is 0 Å². The molecular weight excluding hydrogens is 308 g/mol. The van der Waals surface area contributed by atoms with Crippen LogP contribution < -0.4 is 16.2 Å². The van der Waals surface area contributed by atoms with Gasteiger partial charge in [-0.1, -0.05) is 39.5 Å². The van der Waals surface area contributed by atoms with E-state index in [0.29, 0.717) is 0 Å². The van der Waals surface area contributed by atoms with Crippen molar-refractivity contribution >= 4 is 11.4 Å². The largest absolute Gasteiger partial charge is 0.457 e. The maximum absolute atomic E-state index is 6.10. The van der Waals surface area contributed by atoms with E-state index >= 15 is 0 Å². The molecule has 0 aromatic heterocycles. The first-order chi connectivity index (χ1) is 12.1. The molecule has 2 aromatic carbocycles. The lowest BCUT2D eigenvalue weighted by molar-refractivity contribution is 0.481. The smallest absolute Gasteiger partial charge is 0.127 e. The summed E-state index contributed by atoms with van der Waals surface area (Å²) in [6.07, 6.45) is 9.20. The quantitative estimate of drug-likeness (QED) is 0.405. The summed E-state index contributed by atoms with van der Waals surface area (Å²) in [7, 11) is 0. The Balaban J connectivity index is 2.08. The van der Waals surface area contributed by atoms with E-state index in [0.717, 1.165) is 48.6 Å². The van der Waals surface area contributed by atoms with Crippen LogP contribution >= 0.6 is 0 Å². The molecule has 0 fully saturated rings. The average molecular weight is 341 g/mol. The van der Waals surface area contributed by atoms with E-state index in [2.05, 4.69) is 26.0 Å². The average Bonchev–Trinajstić information content (AvgIpc) is 2.61. The van der Waals surface area contributed by atoms with Gasteiger partial charge in [-0.25, -0.2) is 0 Å². The highest BCUT2D eigenvalue weighted by Gasteiger charge is 2.06. The Morgan fingerprint density at radius 3 is 1.52 bits per heavy atom. The fourth-order valence-electron chi connectivity index (χ4n) is 2.99. The van der Waals surface area contributed by atoms with Gasteiger partial charge in [-0.3, -0.25) is 0 Å². The zero-order chi connectivity index (χ0) is 18.1. The van der Waals surface area contributed by atoms with Crippen molar-refractivity contribution in [2.24, 2.45) is 0 Å². The number of nitrogen functional groups attached to an aromatic ring is 2. The second-order valence-electron chi connectivity index (χ2n) is 6.74. The molecule has 0 amide bonds. The number of benzene rings is 2. The van der Waals surface area contributed by atoms with Gasteiger partial charge in [0.15, 0.2) is 0 Å². The molecule has 0 bridgehead atoms. The van der Waals surface area contributed by atoms with E-state index in [1.807, 2.05) is 24.3 Å². The molecular formula is C22H32N2O. The van der Waals surface area contributed by atoms with Gasteiger partial charge in [0.1, 0.15) is 11.5 Å². The van der Waals surface area contributed by atoms with Crippen molar-refractivity contribution in [3.63, 3.8) is 0 Å². The van der Waals surface area contributed by atoms with E-state index in [9.17, 15) is 0 Å². The minimum atomic E-state index is 0.838. The number of anilines is 2. The first-order valence-corrected chi connectivity index (χ1v) is 9.58. The molecule has 0 saturated carbocycles. The number of hydrogen-bond acceptors (Lipinski definition) is 3. The Hall–Kier alpha value is -2.16. The molecule has 0 radical (unpaired) electrons. The fraction of sp³-hybridized carbons (Fsp3) is 0.455. The van der Waals surface area contributed by atoms with E-state index in [1.54, 1.807) is 0 Å². The number of unbranched alkanes of at least 4 members (excludes halogenated alkanes) is 4. The summed E-state index contributed by atoms with van der Waals surface area (Å²) in [5, 5.41) is 0. The topological polar surface area (TPSA) is 61.3 Å². The Morgan fingerprint density at radius 1 is 0.680 bits per heavy atom. The van der Waals surface area contributed by atoms with Crippen LogP contribution in [0.2, 0.25) is 0 Å². The van der Waals surface area contributed by atoms with Gasteiger partial charge in [0.05, 0.1) is 0 Å². The molecule has 0 saturated heterocycles. The van der Waals surface area contributed by atoms with Crippen LogP contribution in [-0.4, -0.2) is 0 Å². The van der Waals surface area contributed by atoms with Gasteiger partial charge < -0.3 is 16.2 Å². The number of rotatable bonds is 10. The molecule has 0 aliphatic rings. The van der Waals surface area contributed by atoms with E-state index in [-0.39, 0.29) is 0 Å². The summed E-state index contributed by atoms with van der Waals surface area (Å²) >= 11 is 0. The monoisotopic (exact) mass is 340 g/mol. The predicted molar refractivity (Wildman–Crippen MR) is 108 cm³/mol. The van der Waals surface area contributed by atoms with Gasteiger partial charge in [-0.05, 0) is 73.2 Å². The molecule has 0 atom stereocenters. The predicted octanol–water partition coefficient (Wildman–Crippen LogP) is 6.11. The molecule has 0 aliphatic carbocycles. The van der Waals surface area contributed by atoms with Crippen LogP contribution in [-0.2, 0) is 12.8 Å². The van der Waals surface area contributed by atoms with E-state index in [1.165, 1.54) is 36.8 Å². The number of ether oxygens (including phenoxy) is 1. The molecule has 4 N–H and O–H groups in total. The summed E-state index contributed by atoms with van der Waals surface area (Å²) in [6.45, 7) is 4.42. The third kappa shape index (κ3) is 6.00. The number of hydrogen-bond donors (Lipinski definition) is 2. The maximum atomic E-state index is 6.10. The molecule has 136 valence electrons. The van der Waals surface area contributed by atoms with Crippen LogP contribution in [0.4, 0.5) is 11.4 Å². The zero-order valence-electron chi connectivity index (χ0n) is 15.7. The Kier molecular flexibility index (Phi) is 7.65. The summed E-state index contributed by atoms with van der Waals surface area (Å²) in [4.78, 5) is 0. The van der Waals surface area contributed by atoms with Crippen molar-refractivity contribution in [3.05, 3.63) is 47.5 Å². The van der Waals surface area contributed by atoms with Crippen LogP contribution in [0.1, 0.15) is 63.5 Å². The third-order valence-corrected chi connectivity index (χ3v) is 4.56. The van der Waals surface area contributed by atoms with Crippen molar-refractivity contribution in [1.29, 1.82) is 0 Å². The second kappa shape index (κ2) is 9.97. The van der Waals surface area contributed by atoms with Crippen LogP contribution in [0.3, 0.4) is 0 Å². The molecule has 25 heavy (non-hydrogen) atoms. The normalized spacial score (nSPS) is 10.8. The van der Waals surface area contributed by atoms with Crippen molar-refractivity contribution in [2.45, 2.75) is 65.2 Å². The SMILES string of the molecule is CCCCCc1cc(Oc2ccc(N)c(CCCCC)c2)ccc1N. The first-order valence-electron chi connectivity index (χ1n) is 9.58. The van der Waals surface area contributed by atoms with Gasteiger partial charge >= 0.3 is 0 Å². The molecule has 0 unspecified atom stereocenters. The summed E-state index contributed by atoms with van der Waals surface area (Å²) in [5.41, 5.74) is 16.2. The summed E-state index contributed by atoms with van der Waals surface area (Å²) in [5.74, 6) is 1.68. The lowest BCUT2D eigenvalue weighted by atomic mass is 10.0. The van der Waals surface area contributed by atoms with Crippen molar-refractivity contribution in [3.8, 4) is 11.5 Å². The summed E-state index contributed by atoms with van der Waals surface area (Å²) < 4.78 is 6.07. The Morgan fingerprint density at radius 2 is 1.12 bits per heavy atom. The standard InChI is InChI=1S/C22H32N2O/c1-3-5-7-9-17-15-19(11-13-21(17)23)25-20-12-14-22(24)18(16-20)10-8-6-4-2/h11-16H,3-10,23-24H2,1-2H3. The van der Waals surface area contributed by atoms with E-state index < -0.39 is 0 Å². The summed E-state index contributed by atoms with van der Waals surface area (Å²) in [6, 6.07) is 11.9. The van der Waals surface area contributed by atoms with Gasteiger partial charge in [0.25, 0.3) is 0 Å². The molecule has 3 nitrogen and oxygen atoms in total. The molecule has 2 rings (SSSR count). The Labute approximate surface area is 152 Å². The van der Waals surface area contributed by atoms with Crippen LogP contribution in [0, 0.1) is 0 Å². The zero-order valence-corrected chi connectivity index (χ0v) is 15.7. The first kappa shape index (κ1) is 19.2. The van der Waals surface area contributed by atoms with Gasteiger partial charge in [0, 0.05) is 11.4 Å². The van der Waals surface area contributed by atoms with Gasteiger partial charge in [-0.15, -0.1) is 0 Å². The second-order valence-corrected chi connectivity index (χ2v) is 6.74. The molecule has 0 heterocycles. The van der Waals surface area contributed by atoms with Crippen LogP contribution in [0.15, 0.2) is 36.4 Å². The molecule has 0 spiro atoms. The lowest BCUT2D eigenvalue weighted by Crippen LogP contribution is -1.97. The van der Waals surface area contributed by atoms with Crippen molar-refractivity contribution in [2.75, 3.05) is 11.5 Å². The maximum Gasteiger partial charge on any atom is 0.127 e. The lowest BCUT2D eigenvalue weighted by Gasteiger charge is -2.12. The third-order valence-electron chi connectivity index (χ3n) is 4.56. The molecule has 2 aromatic rings. The highest BCUT2D eigenvalue weighted by molar-refractivity contribution is 5.53. The molecule has 3 heteroatoms. The van der Waals surface area contributed by atoms with E-state index in [4.69, 9.17) is 16.2 Å². The van der Waals surface area contributed by atoms with Crippen molar-refractivity contribution in [1.82, 2.24) is 0 Å². The van der Waals surface area contributed by atoms with Crippen LogP contribution in [0.5, 0.6) is 11.5 Å². The highest BCUT2D eigenvalue weighted by atomic mass is 16.5. The minimum absolute atomic E-state index is 0.838. The van der Waals surface area contributed by atoms with Crippen molar-refractivity contribution < 1.29 is 4.74 Å². The number of aryl methyl sites for hydroxylation is 2. The van der Waals surface area contributed by atoms with Gasteiger partial charge in [-0.2, -0.15) is 0 Å². The fourth-order valence-corrected chi connectivity index (χ4v) is 2.99. The minimum Gasteiger partial charge on any atom is -0.457 e. The number of nitrogens with two attached hydrogens (primary N) is 2. The molecule has 0 aliphatic heterocycles. The Bertz CT molecular complexity index is 610. The van der Waals surface area contributed by atoms with Gasteiger partial charge in [0.2, 0.25) is 0 Å².